The summed E-state index contributed by atoms with van der Waals surface area (Å²) in [5.41, 5.74) is 5.34. The Labute approximate surface area is 80.3 Å². The lowest BCUT2D eigenvalue weighted by Crippen LogP contribution is -1.99. The second kappa shape index (κ2) is 7.54. The van der Waals surface area contributed by atoms with Gasteiger partial charge in [-0.15, -0.1) is 0 Å². The number of hydrogen-bond acceptors (Lipinski definition) is 4. The molecule has 0 aromatic rings. The van der Waals surface area contributed by atoms with Crippen LogP contribution in [-0.2, 0) is 9.05 Å². The molecule has 80 valence electrons. The Bertz CT molecular complexity index is 163. The molecule has 0 radical (unpaired) electrons. The zero-order valence-corrected chi connectivity index (χ0v) is 9.13. The fourth-order valence-corrected chi connectivity index (χ4v) is 1.38. The molecule has 0 aliphatic rings. The predicted molar refractivity (Wildman–Crippen MR) is 56.7 cm³/mol. The van der Waals surface area contributed by atoms with Crippen molar-refractivity contribution in [2.75, 3.05) is 20.3 Å². The van der Waals surface area contributed by atoms with E-state index in [1.54, 1.807) is 0 Å². The van der Waals surface area contributed by atoms with Crippen molar-refractivity contribution in [1.82, 2.24) is 0 Å². The first-order valence-electron chi connectivity index (χ1n) is 4.49. The summed E-state index contributed by atoms with van der Waals surface area (Å²) in [6.45, 7) is 1.25. The fraction of sp³-hybridized carbons (Fsp3) is 0.875. The van der Waals surface area contributed by atoms with E-state index < -0.39 is 7.57 Å². The summed E-state index contributed by atoms with van der Waals surface area (Å²) in [5.74, 6) is 0. The normalized spacial score (nSPS) is 15.6. The Morgan fingerprint density at radius 1 is 1.31 bits per heavy atom. The Kier molecular flexibility index (Phi) is 7.62. The summed E-state index contributed by atoms with van der Waals surface area (Å²) < 4.78 is 9.74. The molecule has 0 heterocycles. The van der Waals surface area contributed by atoms with E-state index in [2.05, 4.69) is 10.8 Å². The second-order valence-corrected chi connectivity index (χ2v) is 4.75. The van der Waals surface area contributed by atoms with E-state index in [0.717, 1.165) is 32.2 Å². The Morgan fingerprint density at radius 2 is 1.92 bits per heavy atom. The maximum absolute atomic E-state index is 9.26. The van der Waals surface area contributed by atoms with E-state index in [4.69, 9.17) is 10.3 Å². The summed E-state index contributed by atoms with van der Waals surface area (Å²) in [7, 11) is -1.36. The number of unbranched alkanes of at least 4 members (excludes halogenated alkanes) is 3. The molecule has 5 heteroatoms. The maximum atomic E-state index is 9.26. The lowest BCUT2D eigenvalue weighted by molar-refractivity contribution is 0.219. The van der Waals surface area contributed by atoms with Gasteiger partial charge in [-0.2, -0.15) is 0 Å². The number of hydrogen-bond donors (Lipinski definition) is 2. The molecule has 0 aromatic carbocycles. The van der Waals surface area contributed by atoms with Crippen molar-refractivity contribution in [3.8, 4) is 0 Å². The molecular weight excluding hydrogens is 189 g/mol. The SMILES string of the molecule is C=P(O)(OC)OCCCCCCN. The van der Waals surface area contributed by atoms with Crippen LogP contribution < -0.4 is 5.73 Å². The zero-order chi connectivity index (χ0) is 10.2. The lowest BCUT2D eigenvalue weighted by Gasteiger charge is -2.14. The van der Waals surface area contributed by atoms with E-state index in [1.807, 2.05) is 0 Å². The molecule has 1 atom stereocenters. The molecule has 0 saturated carbocycles. The minimum Gasteiger partial charge on any atom is -0.333 e. The molecule has 13 heavy (non-hydrogen) atoms. The van der Waals surface area contributed by atoms with E-state index >= 15 is 0 Å². The van der Waals surface area contributed by atoms with Gasteiger partial charge in [-0.1, -0.05) is 12.8 Å². The lowest BCUT2D eigenvalue weighted by atomic mass is 10.2. The molecule has 0 aliphatic heterocycles. The molecular formula is C8H20NO3P. The number of nitrogens with two attached hydrogens (primary N) is 1. The van der Waals surface area contributed by atoms with Crippen molar-refractivity contribution >= 4 is 13.9 Å². The van der Waals surface area contributed by atoms with E-state index in [1.165, 1.54) is 7.11 Å². The average molecular weight is 209 g/mol. The standard InChI is InChI=1S/C8H20NO3P/c1-11-13(2,10)12-8-6-4-3-5-7-9/h10H,2-9H2,1H3. The highest BCUT2D eigenvalue weighted by atomic mass is 31.2. The third-order valence-electron chi connectivity index (χ3n) is 1.68. The Hall–Kier alpha value is 0.140. The summed E-state index contributed by atoms with van der Waals surface area (Å²) in [6, 6.07) is 0. The fourth-order valence-electron chi connectivity index (χ4n) is 0.860. The second-order valence-electron chi connectivity index (χ2n) is 2.86. The first kappa shape index (κ1) is 13.1. The smallest absolute Gasteiger partial charge is 0.247 e. The van der Waals surface area contributed by atoms with Gasteiger partial charge in [0.05, 0.1) is 6.61 Å². The third kappa shape index (κ3) is 8.47. The first-order valence-corrected chi connectivity index (χ1v) is 6.25. The van der Waals surface area contributed by atoms with Crippen LogP contribution in [0.1, 0.15) is 25.7 Å². The minimum atomic E-state index is -2.75. The quantitative estimate of drug-likeness (QED) is 0.468. The molecule has 0 saturated heterocycles. The molecule has 0 bridgehead atoms. The molecule has 1 unspecified atom stereocenters. The van der Waals surface area contributed by atoms with Crippen LogP contribution in [0.15, 0.2) is 0 Å². The van der Waals surface area contributed by atoms with Crippen molar-refractivity contribution < 1.29 is 13.9 Å². The first-order chi connectivity index (χ1) is 6.12. The van der Waals surface area contributed by atoms with Crippen molar-refractivity contribution in [3.05, 3.63) is 0 Å². The molecule has 0 aromatic heterocycles. The Morgan fingerprint density at radius 3 is 2.46 bits per heavy atom. The van der Waals surface area contributed by atoms with Crippen molar-refractivity contribution in [1.29, 1.82) is 0 Å². The predicted octanol–water partition coefficient (Wildman–Crippen LogP) is 1.36. The van der Waals surface area contributed by atoms with Crippen LogP contribution in [0.4, 0.5) is 0 Å². The largest absolute Gasteiger partial charge is 0.333 e. The van der Waals surface area contributed by atoms with Crippen molar-refractivity contribution in [2.45, 2.75) is 25.7 Å². The Balaban J connectivity index is 3.21. The van der Waals surface area contributed by atoms with Gasteiger partial charge in [0.1, 0.15) is 0 Å². The van der Waals surface area contributed by atoms with E-state index in [-0.39, 0.29) is 0 Å². The van der Waals surface area contributed by atoms with Gasteiger partial charge in [-0.25, -0.2) is 0 Å². The summed E-state index contributed by atoms with van der Waals surface area (Å²) in [5, 5.41) is 0. The summed E-state index contributed by atoms with van der Waals surface area (Å²) >= 11 is 0. The van der Waals surface area contributed by atoms with Crippen LogP contribution in [0.25, 0.3) is 0 Å². The molecule has 0 fully saturated rings. The highest BCUT2D eigenvalue weighted by Crippen LogP contribution is 2.41. The van der Waals surface area contributed by atoms with Crippen LogP contribution in [0, 0.1) is 0 Å². The zero-order valence-electron chi connectivity index (χ0n) is 8.24. The summed E-state index contributed by atoms with van der Waals surface area (Å²) in [4.78, 5) is 9.26. The van der Waals surface area contributed by atoms with Crippen LogP contribution in [0.5, 0.6) is 0 Å². The van der Waals surface area contributed by atoms with Crippen LogP contribution >= 0.6 is 7.57 Å². The van der Waals surface area contributed by atoms with Gasteiger partial charge in [0.2, 0.25) is 7.57 Å². The molecule has 0 rings (SSSR count). The van der Waals surface area contributed by atoms with Gasteiger partial charge in [-0.3, -0.25) is 0 Å². The van der Waals surface area contributed by atoms with Crippen molar-refractivity contribution in [2.24, 2.45) is 5.73 Å². The topological polar surface area (TPSA) is 64.7 Å². The average Bonchev–Trinajstić information content (AvgIpc) is 2.11. The molecule has 4 nitrogen and oxygen atoms in total. The van der Waals surface area contributed by atoms with Gasteiger partial charge in [0.25, 0.3) is 0 Å². The maximum Gasteiger partial charge on any atom is 0.247 e. The van der Waals surface area contributed by atoms with Crippen molar-refractivity contribution in [3.63, 3.8) is 0 Å². The third-order valence-corrected chi connectivity index (χ3v) is 2.83. The molecule has 0 spiro atoms. The highest BCUT2D eigenvalue weighted by Gasteiger charge is 2.07. The number of rotatable bonds is 8. The van der Waals surface area contributed by atoms with Gasteiger partial charge < -0.3 is 19.7 Å². The van der Waals surface area contributed by atoms with Crippen LogP contribution in [-0.4, -0.2) is 31.5 Å². The van der Waals surface area contributed by atoms with Gasteiger partial charge >= 0.3 is 0 Å². The van der Waals surface area contributed by atoms with Gasteiger partial charge in [0.15, 0.2) is 0 Å². The highest BCUT2D eigenvalue weighted by molar-refractivity contribution is 7.58. The summed E-state index contributed by atoms with van der Waals surface area (Å²) in [6.07, 6.45) is 7.57. The monoisotopic (exact) mass is 209 g/mol. The van der Waals surface area contributed by atoms with Crippen LogP contribution in [0.3, 0.4) is 0 Å². The van der Waals surface area contributed by atoms with Gasteiger partial charge in [-0.05, 0) is 25.7 Å². The van der Waals surface area contributed by atoms with E-state index in [9.17, 15) is 4.89 Å². The van der Waals surface area contributed by atoms with E-state index in [0.29, 0.717) is 6.61 Å². The van der Waals surface area contributed by atoms with Gasteiger partial charge in [0, 0.05) is 7.11 Å². The molecule has 0 aliphatic carbocycles. The molecule has 3 N–H and O–H groups in total. The van der Waals surface area contributed by atoms with Crippen LogP contribution in [0.2, 0.25) is 0 Å². The minimum absolute atomic E-state index is 0.506. The molecule has 0 amide bonds.